The first-order valence-corrected chi connectivity index (χ1v) is 7.63. The van der Waals surface area contributed by atoms with Crippen molar-refractivity contribution in [1.29, 1.82) is 0 Å². The van der Waals surface area contributed by atoms with Gasteiger partial charge in [-0.2, -0.15) is 0 Å². The van der Waals surface area contributed by atoms with Gasteiger partial charge in [0.1, 0.15) is 0 Å². The molecular weight excluding hydrogens is 266 g/mol. The van der Waals surface area contributed by atoms with Crippen LogP contribution in [0.2, 0.25) is 0 Å². The van der Waals surface area contributed by atoms with Crippen LogP contribution in [0, 0.1) is 6.92 Å². The Morgan fingerprint density at radius 3 is 2.76 bits per heavy atom. The zero-order valence-corrected chi connectivity index (χ0v) is 12.3. The van der Waals surface area contributed by atoms with Crippen LogP contribution in [0.15, 0.2) is 24.3 Å². The number of carboxylic acids is 1. The summed E-state index contributed by atoms with van der Waals surface area (Å²) in [7, 11) is 0. The van der Waals surface area contributed by atoms with Gasteiger partial charge < -0.3 is 10.0 Å². The third kappa shape index (κ3) is 2.55. The molecule has 1 aromatic rings. The number of nitrogens with zero attached hydrogens (tertiary/aromatic N) is 1. The largest absolute Gasteiger partial charge is 0.481 e. The van der Waals surface area contributed by atoms with E-state index in [1.54, 1.807) is 0 Å². The van der Waals surface area contributed by atoms with Gasteiger partial charge in [0.25, 0.3) is 0 Å². The second-order valence-corrected chi connectivity index (χ2v) is 6.34. The summed E-state index contributed by atoms with van der Waals surface area (Å²) in [5, 5.41) is 9.01. The van der Waals surface area contributed by atoms with Crippen molar-refractivity contribution >= 4 is 11.9 Å². The number of aryl methyl sites for hydroxylation is 1. The molecule has 1 saturated carbocycles. The molecule has 0 radical (unpaired) electrons. The molecule has 1 aromatic carbocycles. The van der Waals surface area contributed by atoms with E-state index in [9.17, 15) is 9.59 Å². The van der Waals surface area contributed by atoms with Crippen LogP contribution in [0.3, 0.4) is 0 Å². The fourth-order valence-electron chi connectivity index (χ4n) is 3.49. The van der Waals surface area contributed by atoms with Gasteiger partial charge in [0.15, 0.2) is 0 Å². The summed E-state index contributed by atoms with van der Waals surface area (Å²) in [6.07, 6.45) is 3.54. The van der Waals surface area contributed by atoms with E-state index in [4.69, 9.17) is 5.11 Å². The van der Waals surface area contributed by atoms with E-state index >= 15 is 0 Å². The third-order valence-corrected chi connectivity index (χ3v) is 4.78. The van der Waals surface area contributed by atoms with E-state index in [1.165, 1.54) is 0 Å². The molecule has 1 amide bonds. The van der Waals surface area contributed by atoms with Gasteiger partial charge in [0.2, 0.25) is 5.91 Å². The Morgan fingerprint density at radius 1 is 1.38 bits per heavy atom. The zero-order valence-electron chi connectivity index (χ0n) is 12.3. The van der Waals surface area contributed by atoms with E-state index in [-0.39, 0.29) is 23.8 Å². The molecule has 0 bridgehead atoms. The summed E-state index contributed by atoms with van der Waals surface area (Å²) in [6.45, 7) is 2.73. The molecule has 112 valence electrons. The molecule has 3 rings (SSSR count). The summed E-state index contributed by atoms with van der Waals surface area (Å²) in [4.78, 5) is 25.8. The first-order chi connectivity index (χ1) is 10.0. The van der Waals surface area contributed by atoms with Gasteiger partial charge in [-0.1, -0.05) is 29.8 Å². The highest BCUT2D eigenvalue weighted by molar-refractivity contribution is 5.92. The highest BCUT2D eigenvalue weighted by atomic mass is 16.4. The van der Waals surface area contributed by atoms with Crippen molar-refractivity contribution in [1.82, 2.24) is 4.90 Å². The minimum atomic E-state index is -0.819. The van der Waals surface area contributed by atoms with Gasteiger partial charge in [-0.3, -0.25) is 9.59 Å². The SMILES string of the molecule is Cc1cccc(C2(C(=O)N3CCC[C@H]3CC(=O)O)CC2)c1. The molecular formula is C17H21NO3. The summed E-state index contributed by atoms with van der Waals surface area (Å²) in [6, 6.07) is 8.02. The molecule has 1 aliphatic carbocycles. The molecule has 1 N–H and O–H groups in total. The number of rotatable bonds is 4. The average molecular weight is 287 g/mol. The quantitative estimate of drug-likeness (QED) is 0.925. The smallest absolute Gasteiger partial charge is 0.305 e. The lowest BCUT2D eigenvalue weighted by Crippen LogP contribution is -2.43. The minimum absolute atomic E-state index is 0.0651. The molecule has 1 aliphatic heterocycles. The highest BCUT2D eigenvalue weighted by Gasteiger charge is 2.54. The van der Waals surface area contributed by atoms with Crippen LogP contribution in [-0.4, -0.2) is 34.5 Å². The molecule has 1 heterocycles. The summed E-state index contributed by atoms with van der Waals surface area (Å²) in [5.74, 6) is -0.683. The van der Waals surface area contributed by atoms with E-state index in [2.05, 4.69) is 6.07 Å². The number of likely N-dealkylation sites (tertiary alicyclic amines) is 1. The standard InChI is InChI=1S/C17H21NO3/c1-12-4-2-5-13(10-12)17(7-8-17)16(21)18-9-3-6-14(18)11-15(19)20/h2,4-5,10,14H,3,6-9,11H2,1H3,(H,19,20)/t14-/m0/s1. The molecule has 0 aromatic heterocycles. The molecule has 21 heavy (non-hydrogen) atoms. The molecule has 0 unspecified atom stereocenters. The number of hydrogen-bond acceptors (Lipinski definition) is 2. The Bertz CT molecular complexity index is 577. The normalized spacial score (nSPS) is 23.1. The minimum Gasteiger partial charge on any atom is -0.481 e. The molecule has 4 heteroatoms. The van der Waals surface area contributed by atoms with Crippen LogP contribution in [0.25, 0.3) is 0 Å². The number of hydrogen-bond donors (Lipinski definition) is 1. The van der Waals surface area contributed by atoms with Crippen LogP contribution >= 0.6 is 0 Å². The van der Waals surface area contributed by atoms with Crippen molar-refractivity contribution < 1.29 is 14.7 Å². The van der Waals surface area contributed by atoms with Gasteiger partial charge in [0, 0.05) is 12.6 Å². The first kappa shape index (κ1) is 14.1. The van der Waals surface area contributed by atoms with Crippen LogP contribution in [-0.2, 0) is 15.0 Å². The summed E-state index contributed by atoms with van der Waals surface area (Å²) < 4.78 is 0. The summed E-state index contributed by atoms with van der Waals surface area (Å²) >= 11 is 0. The number of carbonyl (C=O) groups is 2. The van der Waals surface area contributed by atoms with Crippen molar-refractivity contribution in [2.75, 3.05) is 6.54 Å². The number of benzene rings is 1. The lowest BCUT2D eigenvalue weighted by Gasteiger charge is -2.28. The topological polar surface area (TPSA) is 57.6 Å². The Balaban J connectivity index is 1.83. The predicted octanol–water partition coefficient (Wildman–Crippen LogP) is 2.49. The summed E-state index contributed by atoms with van der Waals surface area (Å²) in [5.41, 5.74) is 1.87. The average Bonchev–Trinajstić information content (AvgIpc) is 3.13. The lowest BCUT2D eigenvalue weighted by molar-refractivity contribution is -0.140. The van der Waals surface area contributed by atoms with E-state index < -0.39 is 5.97 Å². The fourth-order valence-corrected chi connectivity index (χ4v) is 3.49. The maximum absolute atomic E-state index is 13.0. The van der Waals surface area contributed by atoms with Crippen molar-refractivity contribution in [3.05, 3.63) is 35.4 Å². The van der Waals surface area contributed by atoms with E-state index in [0.717, 1.165) is 36.8 Å². The van der Waals surface area contributed by atoms with E-state index in [1.807, 2.05) is 30.0 Å². The Labute approximate surface area is 124 Å². The van der Waals surface area contributed by atoms with Gasteiger partial charge >= 0.3 is 5.97 Å². The Hall–Kier alpha value is -1.84. The molecule has 2 fully saturated rings. The number of amides is 1. The van der Waals surface area contributed by atoms with Crippen LogP contribution in [0.1, 0.15) is 43.2 Å². The van der Waals surface area contributed by atoms with Crippen molar-refractivity contribution in [2.24, 2.45) is 0 Å². The van der Waals surface area contributed by atoms with Gasteiger partial charge in [-0.15, -0.1) is 0 Å². The fraction of sp³-hybridized carbons (Fsp3) is 0.529. The number of aliphatic carboxylic acids is 1. The number of carbonyl (C=O) groups excluding carboxylic acids is 1. The van der Waals surface area contributed by atoms with Gasteiger partial charge in [-0.25, -0.2) is 0 Å². The molecule has 4 nitrogen and oxygen atoms in total. The Morgan fingerprint density at radius 2 is 2.14 bits per heavy atom. The molecule has 1 atom stereocenters. The maximum Gasteiger partial charge on any atom is 0.305 e. The third-order valence-electron chi connectivity index (χ3n) is 4.78. The van der Waals surface area contributed by atoms with Crippen LogP contribution in [0.4, 0.5) is 0 Å². The molecule has 0 spiro atoms. The molecule has 2 aliphatic rings. The van der Waals surface area contributed by atoms with Gasteiger partial charge in [-0.05, 0) is 38.2 Å². The Kier molecular flexibility index (Phi) is 3.47. The van der Waals surface area contributed by atoms with Crippen LogP contribution in [0.5, 0.6) is 0 Å². The lowest BCUT2D eigenvalue weighted by atomic mass is 9.92. The number of carboxylic acid groups (broad SMARTS) is 1. The maximum atomic E-state index is 13.0. The first-order valence-electron chi connectivity index (χ1n) is 7.63. The second kappa shape index (κ2) is 5.17. The van der Waals surface area contributed by atoms with Crippen LogP contribution < -0.4 is 0 Å². The van der Waals surface area contributed by atoms with E-state index in [0.29, 0.717) is 6.54 Å². The highest BCUT2D eigenvalue weighted by Crippen LogP contribution is 2.50. The van der Waals surface area contributed by atoms with Crippen molar-refractivity contribution in [2.45, 2.75) is 50.5 Å². The monoisotopic (exact) mass is 287 g/mol. The van der Waals surface area contributed by atoms with Crippen molar-refractivity contribution in [3.8, 4) is 0 Å². The predicted molar refractivity (Wildman–Crippen MR) is 79.1 cm³/mol. The molecule has 1 saturated heterocycles. The van der Waals surface area contributed by atoms with Crippen molar-refractivity contribution in [3.63, 3.8) is 0 Å². The van der Waals surface area contributed by atoms with Gasteiger partial charge in [0.05, 0.1) is 11.8 Å². The second-order valence-electron chi connectivity index (χ2n) is 6.34. The zero-order chi connectivity index (χ0) is 15.0.